The average molecular weight is 434 g/mol. The number of hydrogen-bond donors (Lipinski definition) is 1. The van der Waals surface area contributed by atoms with E-state index in [2.05, 4.69) is 4.98 Å². The van der Waals surface area contributed by atoms with Crippen molar-refractivity contribution < 1.29 is 23.2 Å². The van der Waals surface area contributed by atoms with Crippen LogP contribution in [0.25, 0.3) is 0 Å². The fourth-order valence-corrected chi connectivity index (χ4v) is 3.96. The molecule has 0 aromatic carbocycles. The van der Waals surface area contributed by atoms with Gasteiger partial charge in [-0.25, -0.2) is 13.6 Å². The van der Waals surface area contributed by atoms with Gasteiger partial charge in [0.05, 0.1) is 0 Å². The van der Waals surface area contributed by atoms with Crippen LogP contribution in [0.5, 0.6) is 0 Å². The molecular weight excluding hydrogens is 406 g/mol. The molecule has 3 unspecified atom stereocenters. The van der Waals surface area contributed by atoms with Crippen molar-refractivity contribution in [3.05, 3.63) is 48.1 Å². The summed E-state index contributed by atoms with van der Waals surface area (Å²) in [7, 11) is 1.49. The first-order chi connectivity index (χ1) is 14.9. The first-order valence-electron chi connectivity index (χ1n) is 10.5. The van der Waals surface area contributed by atoms with E-state index in [0.29, 0.717) is 12.0 Å². The zero-order chi connectivity index (χ0) is 22.5. The molecule has 0 saturated carbocycles. The number of urea groups is 1. The second-order valence-corrected chi connectivity index (χ2v) is 7.84. The van der Waals surface area contributed by atoms with Crippen molar-refractivity contribution in [1.29, 1.82) is 0 Å². The van der Waals surface area contributed by atoms with Gasteiger partial charge in [0.2, 0.25) is 5.91 Å². The number of nitrogens with one attached hydrogen (secondary N) is 1. The van der Waals surface area contributed by atoms with E-state index >= 15 is 0 Å². The first kappa shape index (κ1) is 22.7. The van der Waals surface area contributed by atoms with Gasteiger partial charge < -0.3 is 14.8 Å². The predicted molar refractivity (Wildman–Crippen MR) is 111 cm³/mol. The Bertz CT molecular complexity index is 868. The number of carbonyl (C=O) groups is 3. The van der Waals surface area contributed by atoms with Crippen LogP contribution in [0.3, 0.4) is 0 Å². The topological polar surface area (TPSA) is 76.7 Å². The zero-order valence-electron chi connectivity index (χ0n) is 17.8. The maximum Gasteiger partial charge on any atom is 0.327 e. The highest BCUT2D eigenvalue weighted by Crippen LogP contribution is 2.29. The summed E-state index contributed by atoms with van der Waals surface area (Å²) in [5, 5.41) is 0. The van der Waals surface area contributed by atoms with Gasteiger partial charge in [-0.05, 0) is 24.6 Å². The summed E-state index contributed by atoms with van der Waals surface area (Å²) in [5.74, 6) is -1.81. The number of nitrogens with zero attached hydrogens (tertiary/aromatic N) is 3. The summed E-state index contributed by atoms with van der Waals surface area (Å²) in [6, 6.07) is -1.64. The highest BCUT2D eigenvalue weighted by Gasteiger charge is 2.45. The summed E-state index contributed by atoms with van der Waals surface area (Å²) >= 11 is 0. The molecule has 1 N–H and O–H groups in total. The van der Waals surface area contributed by atoms with E-state index in [-0.39, 0.29) is 6.54 Å². The third-order valence-electron chi connectivity index (χ3n) is 5.71. The molecule has 1 aliphatic carbocycles. The minimum Gasteiger partial charge on any atom is -0.367 e. The Hall–Kier alpha value is -2.97. The van der Waals surface area contributed by atoms with Crippen LogP contribution in [0, 0.1) is 0 Å². The number of H-pyrrole nitrogens is 1. The third-order valence-corrected chi connectivity index (χ3v) is 5.71. The van der Waals surface area contributed by atoms with Gasteiger partial charge in [-0.2, -0.15) is 0 Å². The molecule has 0 spiro atoms. The molecule has 2 aliphatic rings. The number of rotatable bonds is 7. The van der Waals surface area contributed by atoms with Crippen LogP contribution in [0.4, 0.5) is 13.6 Å². The Morgan fingerprint density at radius 3 is 2.71 bits per heavy atom. The molecule has 1 saturated heterocycles. The molecule has 9 heteroatoms. The predicted octanol–water partition coefficient (Wildman–Crippen LogP) is 3.49. The van der Waals surface area contributed by atoms with Crippen molar-refractivity contribution in [3.63, 3.8) is 0 Å². The van der Waals surface area contributed by atoms with Crippen molar-refractivity contribution >= 4 is 17.8 Å². The van der Waals surface area contributed by atoms with Crippen molar-refractivity contribution in [2.75, 3.05) is 20.1 Å². The molecule has 4 amide bonds. The van der Waals surface area contributed by atoms with E-state index < -0.39 is 48.5 Å². The molecule has 1 aliphatic heterocycles. The molecule has 0 bridgehead atoms. The first-order valence-corrected chi connectivity index (χ1v) is 10.5. The molecule has 3 rings (SSSR count). The molecule has 3 atom stereocenters. The third kappa shape index (κ3) is 4.70. The van der Waals surface area contributed by atoms with Gasteiger partial charge in [0.1, 0.15) is 30.6 Å². The number of halogens is 2. The lowest BCUT2D eigenvalue weighted by atomic mass is 10.0. The quantitative estimate of drug-likeness (QED) is 0.668. The minimum absolute atomic E-state index is 0.0850. The molecule has 31 heavy (non-hydrogen) atoms. The monoisotopic (exact) mass is 434 g/mol. The number of unbranched alkanes of at least 4 members (excludes halogenated alkanes) is 3. The summed E-state index contributed by atoms with van der Waals surface area (Å²) in [6.45, 7) is 1.65. The van der Waals surface area contributed by atoms with Crippen LogP contribution in [0.1, 0.15) is 44.2 Å². The number of allylic oxidation sites excluding steroid dienone is 2. The van der Waals surface area contributed by atoms with E-state index in [1.165, 1.54) is 24.1 Å². The second kappa shape index (κ2) is 9.89. The number of hydrogen-bond acceptors (Lipinski definition) is 3. The average Bonchev–Trinajstić information content (AvgIpc) is 3.26. The standard InChI is InChI=1S/C22H28F2N4O3/c1-3-4-5-6-12-27(20-16(23)8-7-9-17(20)24)22(31)28-14-18(29)26(2)19(21(28)30)15-10-11-25-13-15/h7-11,13,16,19-20,25H,3-6,12,14H2,1-2H3. The van der Waals surface area contributed by atoms with Crippen LogP contribution in [0.2, 0.25) is 0 Å². The Kier molecular flexibility index (Phi) is 7.25. The number of aromatic nitrogens is 1. The van der Waals surface area contributed by atoms with E-state index in [0.717, 1.165) is 35.1 Å². The molecule has 1 aromatic heterocycles. The van der Waals surface area contributed by atoms with E-state index in [1.807, 2.05) is 6.92 Å². The Labute approximate surface area is 180 Å². The van der Waals surface area contributed by atoms with Gasteiger partial charge in [0.15, 0.2) is 0 Å². The maximum atomic E-state index is 14.6. The lowest BCUT2D eigenvalue weighted by Crippen LogP contribution is -2.61. The van der Waals surface area contributed by atoms with Crippen LogP contribution >= 0.6 is 0 Å². The number of piperazine rings is 1. The molecular formula is C22H28F2N4O3. The summed E-state index contributed by atoms with van der Waals surface area (Å²) in [4.78, 5) is 45.2. The lowest BCUT2D eigenvalue weighted by molar-refractivity contribution is -0.152. The summed E-state index contributed by atoms with van der Waals surface area (Å²) in [6.07, 6.45) is 8.23. The summed E-state index contributed by atoms with van der Waals surface area (Å²) < 4.78 is 29.2. The van der Waals surface area contributed by atoms with Gasteiger partial charge in [0, 0.05) is 31.5 Å². The fourth-order valence-electron chi connectivity index (χ4n) is 3.96. The molecule has 168 valence electrons. The van der Waals surface area contributed by atoms with Gasteiger partial charge in [-0.1, -0.05) is 32.3 Å². The Balaban J connectivity index is 1.88. The number of carbonyl (C=O) groups excluding carboxylic acids is 3. The van der Waals surface area contributed by atoms with Crippen LogP contribution in [-0.4, -0.2) is 69.9 Å². The van der Waals surface area contributed by atoms with Crippen molar-refractivity contribution in [1.82, 2.24) is 19.7 Å². The largest absolute Gasteiger partial charge is 0.367 e. The van der Waals surface area contributed by atoms with Gasteiger partial charge in [-0.15, -0.1) is 0 Å². The summed E-state index contributed by atoms with van der Waals surface area (Å²) in [5.41, 5.74) is 0.530. The number of likely N-dealkylation sites (N-methyl/N-ethyl adjacent to an activating group) is 1. The zero-order valence-corrected chi connectivity index (χ0v) is 17.8. The molecule has 0 radical (unpaired) electrons. The number of imide groups is 1. The lowest BCUT2D eigenvalue weighted by Gasteiger charge is -2.41. The smallest absolute Gasteiger partial charge is 0.327 e. The van der Waals surface area contributed by atoms with Crippen LogP contribution in [-0.2, 0) is 9.59 Å². The highest BCUT2D eigenvalue weighted by molar-refractivity contribution is 6.05. The van der Waals surface area contributed by atoms with Gasteiger partial charge in [-0.3, -0.25) is 14.5 Å². The SMILES string of the molecule is CCCCCCN(C(=O)N1CC(=O)N(C)C(c2cc[nH]c2)C1=O)C1C(F)=CC=CC1F. The molecule has 1 aromatic rings. The van der Waals surface area contributed by atoms with Gasteiger partial charge in [0.25, 0.3) is 5.91 Å². The molecule has 2 heterocycles. The van der Waals surface area contributed by atoms with Gasteiger partial charge >= 0.3 is 6.03 Å². The molecule has 7 nitrogen and oxygen atoms in total. The number of aromatic amines is 1. The Morgan fingerprint density at radius 1 is 1.29 bits per heavy atom. The van der Waals surface area contributed by atoms with Crippen molar-refractivity contribution in [3.8, 4) is 0 Å². The van der Waals surface area contributed by atoms with Crippen LogP contribution in [0.15, 0.2) is 42.5 Å². The maximum absolute atomic E-state index is 14.6. The van der Waals surface area contributed by atoms with Crippen LogP contribution < -0.4 is 0 Å². The van der Waals surface area contributed by atoms with Crippen molar-refractivity contribution in [2.45, 2.75) is 50.9 Å². The number of alkyl halides is 1. The molecule has 1 fully saturated rings. The Morgan fingerprint density at radius 2 is 2.06 bits per heavy atom. The highest BCUT2D eigenvalue weighted by atomic mass is 19.1. The van der Waals surface area contributed by atoms with E-state index in [1.54, 1.807) is 18.5 Å². The minimum atomic E-state index is -1.74. The van der Waals surface area contributed by atoms with E-state index in [4.69, 9.17) is 0 Å². The normalized spacial score (nSPS) is 23.9. The fraction of sp³-hybridized carbons (Fsp3) is 0.500. The number of amides is 4. The van der Waals surface area contributed by atoms with Crippen molar-refractivity contribution in [2.24, 2.45) is 0 Å². The second-order valence-electron chi connectivity index (χ2n) is 7.84. The van der Waals surface area contributed by atoms with E-state index in [9.17, 15) is 23.2 Å².